The van der Waals surface area contributed by atoms with Crippen LogP contribution < -0.4 is 9.62 Å². The predicted octanol–water partition coefficient (Wildman–Crippen LogP) is 3.47. The number of carbonyl (C=O) groups is 1. The first kappa shape index (κ1) is 18.5. The Labute approximate surface area is 144 Å². The van der Waals surface area contributed by atoms with E-state index in [0.29, 0.717) is 31.5 Å². The van der Waals surface area contributed by atoms with Crippen LogP contribution in [0.3, 0.4) is 0 Å². The lowest BCUT2D eigenvalue weighted by Gasteiger charge is -2.29. The molecule has 0 saturated heterocycles. The molecule has 24 heavy (non-hydrogen) atoms. The Bertz CT molecular complexity index is 698. The molecule has 0 aliphatic carbocycles. The maximum absolute atomic E-state index is 12.2. The van der Waals surface area contributed by atoms with Gasteiger partial charge in [0.15, 0.2) is 0 Å². The molecule has 1 aliphatic heterocycles. The van der Waals surface area contributed by atoms with Gasteiger partial charge in [-0.2, -0.15) is 0 Å². The average molecular weight is 350 g/mol. The van der Waals surface area contributed by atoms with Gasteiger partial charge >= 0.3 is 0 Å². The van der Waals surface area contributed by atoms with Gasteiger partial charge in [-0.25, -0.2) is 8.42 Å². The van der Waals surface area contributed by atoms with Gasteiger partial charge in [0.05, 0.1) is 5.75 Å². The second kappa shape index (κ2) is 8.33. The van der Waals surface area contributed by atoms with Crippen molar-refractivity contribution in [1.29, 1.82) is 0 Å². The molecule has 1 amide bonds. The second-order valence-electron chi connectivity index (χ2n) is 6.12. The van der Waals surface area contributed by atoms with Crippen molar-refractivity contribution in [2.75, 3.05) is 21.9 Å². The second-order valence-corrected chi connectivity index (χ2v) is 7.96. The molecule has 1 heterocycles. The first-order valence-electron chi connectivity index (χ1n) is 8.51. The minimum atomic E-state index is -3.32. The number of nitrogens with zero attached hydrogens (tertiary/aromatic N) is 1. The van der Waals surface area contributed by atoms with Gasteiger partial charge < -0.3 is 4.90 Å². The van der Waals surface area contributed by atoms with E-state index in [2.05, 4.69) is 18.2 Å². The molecule has 0 saturated carbocycles. The molecule has 0 radical (unpaired) electrons. The Balaban J connectivity index is 2.08. The lowest BCUT2D eigenvalue weighted by atomic mass is 10.0. The summed E-state index contributed by atoms with van der Waals surface area (Å²) in [6.45, 7) is 6.25. The molecule has 0 fully saturated rings. The summed E-state index contributed by atoms with van der Waals surface area (Å²) in [4.78, 5) is 13.7. The number of hydrogen-bond acceptors (Lipinski definition) is 3. The molecule has 1 N–H and O–H groups in total. The number of unbranched alkanes of at least 4 members (excludes halogenated alkanes) is 3. The van der Waals surface area contributed by atoms with E-state index in [-0.39, 0.29) is 11.7 Å². The van der Waals surface area contributed by atoms with Crippen molar-refractivity contribution in [2.24, 2.45) is 0 Å². The molecule has 1 aliphatic rings. The number of benzene rings is 1. The van der Waals surface area contributed by atoms with Crippen molar-refractivity contribution in [3.05, 3.63) is 36.4 Å². The first-order valence-corrected chi connectivity index (χ1v) is 10.2. The van der Waals surface area contributed by atoms with E-state index in [9.17, 15) is 13.2 Å². The highest BCUT2D eigenvalue weighted by Gasteiger charge is 2.23. The summed E-state index contributed by atoms with van der Waals surface area (Å²) >= 11 is 0. The summed E-state index contributed by atoms with van der Waals surface area (Å²) in [5.74, 6) is 0.220. The van der Waals surface area contributed by atoms with Crippen molar-refractivity contribution in [3.8, 4) is 0 Å². The van der Waals surface area contributed by atoms with Gasteiger partial charge in [-0.1, -0.05) is 32.3 Å². The molecule has 0 spiro atoms. The number of rotatable bonds is 9. The van der Waals surface area contributed by atoms with E-state index < -0.39 is 10.0 Å². The van der Waals surface area contributed by atoms with Gasteiger partial charge in [0.2, 0.25) is 15.9 Å². The summed E-state index contributed by atoms with van der Waals surface area (Å²) in [5.41, 5.74) is 2.40. The monoisotopic (exact) mass is 350 g/mol. The zero-order chi connectivity index (χ0) is 17.6. The van der Waals surface area contributed by atoms with Gasteiger partial charge in [0.1, 0.15) is 0 Å². The van der Waals surface area contributed by atoms with Gasteiger partial charge in [-0.05, 0) is 36.6 Å². The Morgan fingerprint density at radius 2 is 2.04 bits per heavy atom. The number of fused-ring (bicyclic) bond motifs is 1. The fourth-order valence-electron chi connectivity index (χ4n) is 2.90. The SMILES string of the molecule is C=CCN1C(=O)CCc2cc(NS(=O)(=O)CCCCCC)ccc21. The molecule has 2 rings (SSSR count). The zero-order valence-electron chi connectivity index (χ0n) is 14.3. The van der Waals surface area contributed by atoms with Crippen LogP contribution in [0.15, 0.2) is 30.9 Å². The number of hydrogen-bond donors (Lipinski definition) is 1. The molecule has 1 aromatic rings. The Kier molecular flexibility index (Phi) is 6.43. The molecule has 0 aromatic heterocycles. The first-order chi connectivity index (χ1) is 11.5. The molecule has 0 atom stereocenters. The molecule has 0 bridgehead atoms. The number of anilines is 2. The standard InChI is InChI=1S/C18H26N2O3S/c1-3-5-6-7-13-24(22,23)19-16-9-10-17-15(14-16)8-11-18(21)20(17)12-4-2/h4,9-10,14,19H,2-3,5-8,11-13H2,1H3. The van der Waals surface area contributed by atoms with Gasteiger partial charge in [-0.3, -0.25) is 9.52 Å². The lowest BCUT2D eigenvalue weighted by Crippen LogP contribution is -2.35. The van der Waals surface area contributed by atoms with E-state index in [1.54, 1.807) is 17.0 Å². The van der Waals surface area contributed by atoms with Crippen LogP contribution in [0.4, 0.5) is 11.4 Å². The summed E-state index contributed by atoms with van der Waals surface area (Å²) < 4.78 is 27.0. The van der Waals surface area contributed by atoms with Crippen LogP contribution in [-0.2, 0) is 21.2 Å². The molecular weight excluding hydrogens is 324 g/mol. The fourth-order valence-corrected chi connectivity index (χ4v) is 4.07. The van der Waals surface area contributed by atoms with E-state index in [0.717, 1.165) is 30.5 Å². The average Bonchev–Trinajstić information content (AvgIpc) is 2.54. The summed E-state index contributed by atoms with van der Waals surface area (Å²) in [5, 5.41) is 0. The van der Waals surface area contributed by atoms with Gasteiger partial charge in [0.25, 0.3) is 0 Å². The highest BCUT2D eigenvalue weighted by atomic mass is 32.2. The molecule has 5 nitrogen and oxygen atoms in total. The smallest absolute Gasteiger partial charge is 0.232 e. The molecule has 0 unspecified atom stereocenters. The summed E-state index contributed by atoms with van der Waals surface area (Å²) in [6, 6.07) is 5.36. The quantitative estimate of drug-likeness (QED) is 0.548. The fraction of sp³-hybridized carbons (Fsp3) is 0.500. The predicted molar refractivity (Wildman–Crippen MR) is 98.9 cm³/mol. The van der Waals surface area contributed by atoms with E-state index in [4.69, 9.17) is 0 Å². The normalized spacial score (nSPS) is 14.4. The molecule has 6 heteroatoms. The third kappa shape index (κ3) is 4.84. The Hall–Kier alpha value is -1.82. The largest absolute Gasteiger partial charge is 0.308 e. The van der Waals surface area contributed by atoms with Crippen LogP contribution in [0.25, 0.3) is 0 Å². The number of carbonyl (C=O) groups excluding carboxylic acids is 1. The van der Waals surface area contributed by atoms with E-state index in [1.165, 1.54) is 0 Å². The van der Waals surface area contributed by atoms with Crippen LogP contribution in [0.1, 0.15) is 44.6 Å². The van der Waals surface area contributed by atoms with Gasteiger partial charge in [0, 0.05) is 24.3 Å². The molecular formula is C18H26N2O3S. The third-order valence-electron chi connectivity index (χ3n) is 4.13. The number of sulfonamides is 1. The van der Waals surface area contributed by atoms with Crippen LogP contribution in [0.5, 0.6) is 0 Å². The minimum absolute atomic E-state index is 0.0756. The zero-order valence-corrected chi connectivity index (χ0v) is 15.1. The third-order valence-corrected chi connectivity index (χ3v) is 5.50. The van der Waals surface area contributed by atoms with Gasteiger partial charge in [-0.15, -0.1) is 6.58 Å². The molecule has 1 aromatic carbocycles. The van der Waals surface area contributed by atoms with Crippen molar-refractivity contribution in [3.63, 3.8) is 0 Å². The van der Waals surface area contributed by atoms with Crippen LogP contribution >= 0.6 is 0 Å². The lowest BCUT2D eigenvalue weighted by molar-refractivity contribution is -0.118. The summed E-state index contributed by atoms with van der Waals surface area (Å²) in [6.07, 6.45) is 6.51. The van der Waals surface area contributed by atoms with Crippen molar-refractivity contribution >= 4 is 27.3 Å². The molecule has 132 valence electrons. The highest BCUT2D eigenvalue weighted by Crippen LogP contribution is 2.30. The van der Waals surface area contributed by atoms with E-state index >= 15 is 0 Å². The topological polar surface area (TPSA) is 66.5 Å². The van der Waals surface area contributed by atoms with Crippen LogP contribution in [0, 0.1) is 0 Å². The Morgan fingerprint density at radius 1 is 1.25 bits per heavy atom. The van der Waals surface area contributed by atoms with Crippen molar-refractivity contribution in [2.45, 2.75) is 45.4 Å². The maximum atomic E-state index is 12.2. The van der Waals surface area contributed by atoms with Crippen LogP contribution in [0.2, 0.25) is 0 Å². The number of nitrogens with one attached hydrogen (secondary N) is 1. The van der Waals surface area contributed by atoms with Crippen molar-refractivity contribution in [1.82, 2.24) is 0 Å². The minimum Gasteiger partial charge on any atom is -0.308 e. The maximum Gasteiger partial charge on any atom is 0.232 e. The van der Waals surface area contributed by atoms with Crippen LogP contribution in [-0.4, -0.2) is 26.6 Å². The summed E-state index contributed by atoms with van der Waals surface area (Å²) in [7, 11) is -3.32. The highest BCUT2D eigenvalue weighted by molar-refractivity contribution is 7.92. The van der Waals surface area contributed by atoms with E-state index in [1.807, 2.05) is 12.1 Å². The van der Waals surface area contributed by atoms with Crippen molar-refractivity contribution < 1.29 is 13.2 Å². The Morgan fingerprint density at radius 3 is 2.75 bits per heavy atom. The number of amides is 1. The number of aryl methyl sites for hydroxylation is 1.